The summed E-state index contributed by atoms with van der Waals surface area (Å²) in [6, 6.07) is 7.63. The van der Waals surface area contributed by atoms with Crippen molar-refractivity contribution < 1.29 is 14.7 Å². The summed E-state index contributed by atoms with van der Waals surface area (Å²) in [4.78, 5) is 29.3. The fourth-order valence-corrected chi connectivity index (χ4v) is 4.25. The predicted octanol–water partition coefficient (Wildman–Crippen LogP) is 2.86. The summed E-state index contributed by atoms with van der Waals surface area (Å²) in [6.45, 7) is 5.76. The standard InChI is InChI=1S/C22H32N2O3/c1-2-21(26)20-5-3-4-12-24(20)22(27)19-8-6-17(7-9-19)15-23-13-10-18(16-25)11-14-23/h6-9,18,20,25H,2-5,10-16H2,1H3/t20-/m0/s1. The number of hydrogen-bond acceptors (Lipinski definition) is 4. The normalized spacial score (nSPS) is 22.0. The van der Waals surface area contributed by atoms with Crippen LogP contribution in [0.5, 0.6) is 0 Å². The van der Waals surface area contributed by atoms with Crippen molar-refractivity contribution in [1.82, 2.24) is 9.80 Å². The highest BCUT2D eigenvalue weighted by molar-refractivity contribution is 5.98. The molecule has 2 aliphatic heterocycles. The number of amides is 1. The number of likely N-dealkylation sites (tertiary alicyclic amines) is 2. The van der Waals surface area contributed by atoms with Gasteiger partial charge in [0.1, 0.15) is 0 Å². The van der Waals surface area contributed by atoms with E-state index < -0.39 is 0 Å². The van der Waals surface area contributed by atoms with Crippen molar-refractivity contribution >= 4 is 11.7 Å². The highest BCUT2D eigenvalue weighted by atomic mass is 16.3. The topological polar surface area (TPSA) is 60.9 Å². The average molecular weight is 373 g/mol. The predicted molar refractivity (Wildman–Crippen MR) is 106 cm³/mol. The van der Waals surface area contributed by atoms with E-state index in [1.165, 1.54) is 5.56 Å². The lowest BCUT2D eigenvalue weighted by atomic mass is 9.96. The summed E-state index contributed by atoms with van der Waals surface area (Å²) in [7, 11) is 0. The van der Waals surface area contributed by atoms with Crippen LogP contribution >= 0.6 is 0 Å². The van der Waals surface area contributed by atoms with E-state index in [0.717, 1.165) is 51.7 Å². The Morgan fingerprint density at radius 1 is 1.04 bits per heavy atom. The molecule has 2 saturated heterocycles. The second-order valence-electron chi connectivity index (χ2n) is 7.93. The van der Waals surface area contributed by atoms with E-state index in [2.05, 4.69) is 4.90 Å². The number of carbonyl (C=O) groups excluding carboxylic acids is 2. The van der Waals surface area contributed by atoms with Crippen LogP contribution in [0, 0.1) is 5.92 Å². The summed E-state index contributed by atoms with van der Waals surface area (Å²) in [6.07, 6.45) is 5.37. The molecule has 0 aromatic heterocycles. The van der Waals surface area contributed by atoms with Crippen LogP contribution in [0.3, 0.4) is 0 Å². The molecule has 1 N–H and O–H groups in total. The Morgan fingerprint density at radius 3 is 2.37 bits per heavy atom. The van der Waals surface area contributed by atoms with E-state index in [0.29, 0.717) is 31.1 Å². The number of nitrogens with zero attached hydrogens (tertiary/aromatic N) is 2. The van der Waals surface area contributed by atoms with E-state index in [4.69, 9.17) is 0 Å². The van der Waals surface area contributed by atoms with Crippen LogP contribution in [0.1, 0.15) is 61.4 Å². The van der Waals surface area contributed by atoms with Gasteiger partial charge in [0, 0.05) is 31.7 Å². The highest BCUT2D eigenvalue weighted by Crippen LogP contribution is 2.22. The van der Waals surface area contributed by atoms with Gasteiger partial charge in [0.15, 0.2) is 5.78 Å². The zero-order valence-corrected chi connectivity index (χ0v) is 16.4. The fraction of sp³-hybridized carbons (Fsp3) is 0.636. The molecule has 5 nitrogen and oxygen atoms in total. The minimum Gasteiger partial charge on any atom is -0.396 e. The largest absolute Gasteiger partial charge is 0.396 e. The first-order valence-corrected chi connectivity index (χ1v) is 10.4. The van der Waals surface area contributed by atoms with Crippen LogP contribution < -0.4 is 0 Å². The van der Waals surface area contributed by atoms with Gasteiger partial charge in [-0.25, -0.2) is 0 Å². The Bertz CT molecular complexity index is 635. The number of carbonyl (C=O) groups is 2. The number of aliphatic hydroxyl groups is 1. The van der Waals surface area contributed by atoms with Crippen molar-refractivity contribution in [2.45, 2.75) is 58.0 Å². The van der Waals surface area contributed by atoms with Gasteiger partial charge in [0.25, 0.3) is 5.91 Å². The zero-order valence-electron chi connectivity index (χ0n) is 16.4. The van der Waals surface area contributed by atoms with E-state index in [9.17, 15) is 14.7 Å². The number of piperidine rings is 2. The molecule has 0 spiro atoms. The average Bonchev–Trinajstić information content (AvgIpc) is 2.73. The van der Waals surface area contributed by atoms with Gasteiger partial charge in [0.05, 0.1) is 6.04 Å². The molecule has 2 heterocycles. The lowest BCUT2D eigenvalue weighted by Gasteiger charge is -2.34. The lowest BCUT2D eigenvalue weighted by molar-refractivity contribution is -0.124. The summed E-state index contributed by atoms with van der Waals surface area (Å²) in [5.41, 5.74) is 1.88. The lowest BCUT2D eigenvalue weighted by Crippen LogP contribution is -2.47. The zero-order chi connectivity index (χ0) is 19.2. The van der Waals surface area contributed by atoms with Gasteiger partial charge in [-0.1, -0.05) is 19.1 Å². The van der Waals surface area contributed by atoms with Crippen LogP contribution in [-0.4, -0.2) is 58.9 Å². The maximum atomic E-state index is 12.9. The van der Waals surface area contributed by atoms with Crippen molar-refractivity contribution in [2.24, 2.45) is 5.92 Å². The summed E-state index contributed by atoms with van der Waals surface area (Å²) in [5.74, 6) is 0.604. The Kier molecular flexibility index (Phi) is 7.02. The van der Waals surface area contributed by atoms with Gasteiger partial charge in [0.2, 0.25) is 0 Å². The Balaban J connectivity index is 1.60. The van der Waals surface area contributed by atoms with Gasteiger partial charge in [-0.15, -0.1) is 0 Å². The SMILES string of the molecule is CCC(=O)[C@@H]1CCCCN1C(=O)c1ccc(CN2CCC(CO)CC2)cc1. The molecule has 0 bridgehead atoms. The van der Waals surface area contributed by atoms with Crippen molar-refractivity contribution in [1.29, 1.82) is 0 Å². The number of hydrogen-bond donors (Lipinski definition) is 1. The van der Waals surface area contributed by atoms with Crippen LogP contribution in [-0.2, 0) is 11.3 Å². The molecular weight excluding hydrogens is 340 g/mol. The first-order valence-electron chi connectivity index (χ1n) is 10.4. The summed E-state index contributed by atoms with van der Waals surface area (Å²) < 4.78 is 0. The number of aliphatic hydroxyl groups excluding tert-OH is 1. The van der Waals surface area contributed by atoms with Gasteiger partial charge < -0.3 is 10.0 Å². The van der Waals surface area contributed by atoms with Crippen LogP contribution in [0.15, 0.2) is 24.3 Å². The Hall–Kier alpha value is -1.72. The fourth-order valence-electron chi connectivity index (χ4n) is 4.25. The summed E-state index contributed by atoms with van der Waals surface area (Å²) in [5, 5.41) is 9.25. The third-order valence-corrected chi connectivity index (χ3v) is 6.06. The molecule has 5 heteroatoms. The minimum atomic E-state index is -0.247. The molecule has 3 rings (SSSR count). The van der Waals surface area contributed by atoms with Gasteiger partial charge >= 0.3 is 0 Å². The van der Waals surface area contributed by atoms with E-state index >= 15 is 0 Å². The second-order valence-corrected chi connectivity index (χ2v) is 7.93. The van der Waals surface area contributed by atoms with E-state index in [-0.39, 0.29) is 17.7 Å². The van der Waals surface area contributed by atoms with Crippen LogP contribution in [0.25, 0.3) is 0 Å². The van der Waals surface area contributed by atoms with Gasteiger partial charge in [-0.2, -0.15) is 0 Å². The first kappa shape index (κ1) is 20.0. The molecule has 0 radical (unpaired) electrons. The molecule has 1 aromatic carbocycles. The maximum absolute atomic E-state index is 12.9. The van der Waals surface area contributed by atoms with Crippen molar-refractivity contribution in [3.05, 3.63) is 35.4 Å². The third-order valence-electron chi connectivity index (χ3n) is 6.06. The quantitative estimate of drug-likeness (QED) is 0.834. The molecule has 0 unspecified atom stereocenters. The second kappa shape index (κ2) is 9.47. The number of rotatable bonds is 6. The molecule has 1 atom stereocenters. The first-order chi connectivity index (χ1) is 13.1. The van der Waals surface area contributed by atoms with E-state index in [1.807, 2.05) is 31.2 Å². The molecule has 2 fully saturated rings. The highest BCUT2D eigenvalue weighted by Gasteiger charge is 2.31. The van der Waals surface area contributed by atoms with Crippen molar-refractivity contribution in [3.63, 3.8) is 0 Å². The molecule has 0 aliphatic carbocycles. The molecular formula is C22H32N2O3. The molecule has 2 aliphatic rings. The molecule has 1 aromatic rings. The maximum Gasteiger partial charge on any atom is 0.254 e. The van der Waals surface area contributed by atoms with Crippen LogP contribution in [0.4, 0.5) is 0 Å². The molecule has 1 amide bonds. The van der Waals surface area contributed by atoms with Crippen molar-refractivity contribution in [3.8, 4) is 0 Å². The number of ketones is 1. The molecule has 0 saturated carbocycles. The molecule has 27 heavy (non-hydrogen) atoms. The van der Waals surface area contributed by atoms with Gasteiger partial charge in [-0.05, 0) is 68.8 Å². The number of benzene rings is 1. The minimum absolute atomic E-state index is 0.0168. The monoisotopic (exact) mass is 372 g/mol. The number of Topliss-reactive ketones (excluding diaryl/α,β-unsaturated/α-hetero) is 1. The Morgan fingerprint density at radius 2 is 1.74 bits per heavy atom. The van der Waals surface area contributed by atoms with E-state index in [1.54, 1.807) is 4.90 Å². The van der Waals surface area contributed by atoms with Crippen LogP contribution in [0.2, 0.25) is 0 Å². The van der Waals surface area contributed by atoms with Gasteiger partial charge in [-0.3, -0.25) is 14.5 Å². The third kappa shape index (κ3) is 4.96. The molecule has 148 valence electrons. The smallest absolute Gasteiger partial charge is 0.254 e. The summed E-state index contributed by atoms with van der Waals surface area (Å²) >= 11 is 0. The van der Waals surface area contributed by atoms with Crippen molar-refractivity contribution in [2.75, 3.05) is 26.2 Å². The Labute approximate surface area is 162 Å².